The number of ether oxygens (including phenoxy) is 1. The Morgan fingerprint density at radius 2 is 1.53 bits per heavy atom. The van der Waals surface area contributed by atoms with Crippen molar-refractivity contribution in [3.05, 3.63) is 59.7 Å². The topological polar surface area (TPSA) is 105 Å². The van der Waals surface area contributed by atoms with Crippen LogP contribution in [0.3, 0.4) is 0 Å². The summed E-state index contributed by atoms with van der Waals surface area (Å²) in [4.78, 5) is 37.0. The van der Waals surface area contributed by atoms with Crippen LogP contribution in [0, 0.1) is 5.92 Å². The summed E-state index contributed by atoms with van der Waals surface area (Å²) in [6, 6.07) is 14.3. The van der Waals surface area contributed by atoms with Crippen molar-refractivity contribution in [1.29, 1.82) is 0 Å². The minimum absolute atomic E-state index is 0.0801. The van der Waals surface area contributed by atoms with Gasteiger partial charge in [0.1, 0.15) is 18.7 Å². The summed E-state index contributed by atoms with van der Waals surface area (Å²) in [6.45, 7) is 5.96. The number of fused-ring (bicyclic) bond motifs is 3. The number of aliphatic carboxylic acids is 1. The molecular weight excluding hydrogens is 432 g/mol. The molecule has 1 aliphatic carbocycles. The molecule has 0 radical (unpaired) electrons. The van der Waals surface area contributed by atoms with Crippen LogP contribution in [-0.4, -0.2) is 41.8 Å². The first-order valence-electron chi connectivity index (χ1n) is 12.0. The van der Waals surface area contributed by atoms with Crippen molar-refractivity contribution >= 4 is 18.0 Å². The smallest absolute Gasteiger partial charge is 0.407 e. The molecular formula is C27H34N2O5. The van der Waals surface area contributed by atoms with Crippen molar-refractivity contribution in [1.82, 2.24) is 10.6 Å². The Morgan fingerprint density at radius 3 is 2.06 bits per heavy atom. The summed E-state index contributed by atoms with van der Waals surface area (Å²) in [5.74, 6) is -1.51. The van der Waals surface area contributed by atoms with Crippen LogP contribution in [0.1, 0.15) is 63.5 Å². The third-order valence-electron chi connectivity index (χ3n) is 6.48. The van der Waals surface area contributed by atoms with Crippen LogP contribution in [0.5, 0.6) is 0 Å². The lowest BCUT2D eigenvalue weighted by Gasteiger charge is -2.23. The van der Waals surface area contributed by atoms with E-state index in [2.05, 4.69) is 22.8 Å². The number of carbonyl (C=O) groups excluding carboxylic acids is 2. The predicted octanol–water partition coefficient (Wildman–Crippen LogP) is 4.70. The van der Waals surface area contributed by atoms with E-state index in [1.165, 1.54) is 0 Å². The van der Waals surface area contributed by atoms with E-state index < -0.39 is 30.1 Å². The normalized spacial score (nSPS) is 14.9. The minimum atomic E-state index is -1.08. The van der Waals surface area contributed by atoms with Gasteiger partial charge >= 0.3 is 12.1 Å². The second kappa shape index (κ2) is 11.7. The number of benzene rings is 2. The maximum atomic E-state index is 12.8. The Morgan fingerprint density at radius 1 is 0.941 bits per heavy atom. The highest BCUT2D eigenvalue weighted by atomic mass is 16.5. The van der Waals surface area contributed by atoms with Gasteiger partial charge in [-0.1, -0.05) is 82.1 Å². The van der Waals surface area contributed by atoms with Crippen molar-refractivity contribution in [3.8, 4) is 11.1 Å². The summed E-state index contributed by atoms with van der Waals surface area (Å²) in [5, 5.41) is 14.7. The summed E-state index contributed by atoms with van der Waals surface area (Å²) >= 11 is 0. The molecule has 3 rings (SSSR count). The number of hydrogen-bond donors (Lipinski definition) is 3. The van der Waals surface area contributed by atoms with Crippen molar-refractivity contribution < 1.29 is 24.2 Å². The lowest BCUT2D eigenvalue weighted by atomic mass is 9.98. The van der Waals surface area contributed by atoms with Gasteiger partial charge < -0.3 is 20.5 Å². The minimum Gasteiger partial charge on any atom is -0.480 e. The lowest BCUT2D eigenvalue weighted by molar-refractivity contribution is -0.142. The van der Waals surface area contributed by atoms with Gasteiger partial charge in [0.05, 0.1) is 0 Å². The monoisotopic (exact) mass is 466 g/mol. The summed E-state index contributed by atoms with van der Waals surface area (Å²) in [7, 11) is 0. The highest BCUT2D eigenvalue weighted by Crippen LogP contribution is 2.44. The van der Waals surface area contributed by atoms with Gasteiger partial charge in [-0.25, -0.2) is 9.59 Å². The van der Waals surface area contributed by atoms with Gasteiger partial charge in [0.2, 0.25) is 5.91 Å². The van der Waals surface area contributed by atoms with Crippen LogP contribution in [0.25, 0.3) is 11.1 Å². The van der Waals surface area contributed by atoms with E-state index in [1.807, 2.05) is 57.2 Å². The fraction of sp³-hybridized carbons (Fsp3) is 0.444. The quantitative estimate of drug-likeness (QED) is 0.445. The second-order valence-corrected chi connectivity index (χ2v) is 8.96. The molecule has 0 heterocycles. The summed E-state index contributed by atoms with van der Waals surface area (Å²) < 4.78 is 5.55. The Kier molecular flexibility index (Phi) is 8.68. The van der Waals surface area contributed by atoms with E-state index in [0.717, 1.165) is 28.7 Å². The Balaban J connectivity index is 1.63. The molecule has 182 valence electrons. The fourth-order valence-corrected chi connectivity index (χ4v) is 4.40. The number of amides is 2. The van der Waals surface area contributed by atoms with Crippen molar-refractivity contribution in [2.45, 2.75) is 64.5 Å². The molecule has 0 saturated carbocycles. The number of rotatable bonds is 11. The van der Waals surface area contributed by atoms with Gasteiger partial charge in [-0.05, 0) is 41.0 Å². The van der Waals surface area contributed by atoms with Gasteiger partial charge in [-0.15, -0.1) is 0 Å². The van der Waals surface area contributed by atoms with Crippen LogP contribution < -0.4 is 10.6 Å². The average molecular weight is 467 g/mol. The van der Waals surface area contributed by atoms with E-state index in [-0.39, 0.29) is 18.4 Å². The molecule has 0 bridgehead atoms. The first-order chi connectivity index (χ1) is 16.3. The van der Waals surface area contributed by atoms with Crippen molar-refractivity contribution in [3.63, 3.8) is 0 Å². The van der Waals surface area contributed by atoms with Crippen LogP contribution >= 0.6 is 0 Å². The van der Waals surface area contributed by atoms with E-state index in [0.29, 0.717) is 19.3 Å². The van der Waals surface area contributed by atoms with E-state index >= 15 is 0 Å². The van der Waals surface area contributed by atoms with Gasteiger partial charge in [-0.2, -0.15) is 0 Å². The SMILES string of the molecule is CCCC(NC(=O)OCC1c2ccccc2-c2ccccc21)C(=O)NC(CC(C)CC)C(=O)O. The highest BCUT2D eigenvalue weighted by molar-refractivity contribution is 5.89. The van der Waals surface area contributed by atoms with E-state index in [4.69, 9.17) is 4.74 Å². The van der Waals surface area contributed by atoms with Crippen molar-refractivity contribution in [2.75, 3.05) is 6.61 Å². The molecule has 0 saturated heterocycles. The van der Waals surface area contributed by atoms with E-state index in [1.54, 1.807) is 0 Å². The fourth-order valence-electron chi connectivity index (χ4n) is 4.40. The number of alkyl carbamates (subject to hydrolysis) is 1. The van der Waals surface area contributed by atoms with Gasteiger partial charge in [0.25, 0.3) is 0 Å². The molecule has 7 nitrogen and oxygen atoms in total. The third kappa shape index (κ3) is 5.95. The second-order valence-electron chi connectivity index (χ2n) is 8.96. The Hall–Kier alpha value is -3.35. The zero-order valence-corrected chi connectivity index (χ0v) is 20.0. The zero-order chi connectivity index (χ0) is 24.7. The molecule has 3 N–H and O–H groups in total. The molecule has 3 atom stereocenters. The van der Waals surface area contributed by atoms with Crippen LogP contribution in [-0.2, 0) is 14.3 Å². The molecule has 0 spiro atoms. The van der Waals surface area contributed by atoms with E-state index in [9.17, 15) is 19.5 Å². The van der Waals surface area contributed by atoms with Crippen LogP contribution in [0.4, 0.5) is 4.79 Å². The summed E-state index contributed by atoms with van der Waals surface area (Å²) in [5.41, 5.74) is 4.48. The van der Waals surface area contributed by atoms with Gasteiger partial charge in [0.15, 0.2) is 0 Å². The highest BCUT2D eigenvalue weighted by Gasteiger charge is 2.30. The number of hydrogen-bond acceptors (Lipinski definition) is 4. The van der Waals surface area contributed by atoms with Crippen molar-refractivity contribution in [2.24, 2.45) is 5.92 Å². The largest absolute Gasteiger partial charge is 0.480 e. The first-order valence-corrected chi connectivity index (χ1v) is 12.0. The number of nitrogens with one attached hydrogen (secondary N) is 2. The Bertz CT molecular complexity index is 976. The van der Waals surface area contributed by atoms with Crippen LogP contribution in [0.15, 0.2) is 48.5 Å². The van der Waals surface area contributed by atoms with Gasteiger partial charge in [-0.3, -0.25) is 4.79 Å². The zero-order valence-electron chi connectivity index (χ0n) is 20.0. The maximum Gasteiger partial charge on any atom is 0.407 e. The maximum absolute atomic E-state index is 12.8. The predicted molar refractivity (Wildman–Crippen MR) is 131 cm³/mol. The standard InChI is InChI=1S/C27H34N2O5/c1-4-10-23(25(30)28-24(26(31)32)15-17(3)5-2)29-27(33)34-16-22-20-13-8-6-11-18(20)19-12-7-9-14-21(19)22/h6-9,11-14,17,22-24H,4-5,10,15-16H2,1-3H3,(H,28,30)(H,29,33)(H,31,32). The molecule has 2 aromatic carbocycles. The lowest BCUT2D eigenvalue weighted by Crippen LogP contribution is -2.52. The molecule has 2 amide bonds. The Labute approximate surface area is 200 Å². The van der Waals surface area contributed by atoms with Crippen LogP contribution in [0.2, 0.25) is 0 Å². The molecule has 3 unspecified atom stereocenters. The molecule has 0 fully saturated rings. The summed E-state index contributed by atoms with van der Waals surface area (Å²) in [6.07, 6.45) is 1.48. The molecule has 0 aromatic heterocycles. The van der Waals surface area contributed by atoms with Gasteiger partial charge in [0, 0.05) is 5.92 Å². The third-order valence-corrected chi connectivity index (χ3v) is 6.48. The molecule has 7 heteroatoms. The number of carboxylic acid groups (broad SMARTS) is 1. The first kappa shape index (κ1) is 25.3. The molecule has 0 aliphatic heterocycles. The average Bonchev–Trinajstić information content (AvgIpc) is 3.15. The number of carboxylic acids is 1. The molecule has 2 aromatic rings. The number of carbonyl (C=O) groups is 3. The molecule has 1 aliphatic rings. The molecule has 34 heavy (non-hydrogen) atoms.